The number of hydrogen-bond donors (Lipinski definition) is 2. The third-order valence-electron chi connectivity index (χ3n) is 6.40. The molecule has 38 heavy (non-hydrogen) atoms. The molecular formula is C34H55N3O. The summed E-state index contributed by atoms with van der Waals surface area (Å²) in [5, 5.41) is 6.67. The smallest absolute Gasteiger partial charge is 0.225 e. The van der Waals surface area contributed by atoms with Gasteiger partial charge in [-0.3, -0.25) is 9.79 Å². The van der Waals surface area contributed by atoms with Gasteiger partial charge in [-0.25, -0.2) is 0 Å². The molecule has 0 fully saturated rings. The van der Waals surface area contributed by atoms with E-state index in [0.29, 0.717) is 12.3 Å². The van der Waals surface area contributed by atoms with Crippen LogP contribution in [0.15, 0.2) is 89.1 Å². The van der Waals surface area contributed by atoms with Gasteiger partial charge >= 0.3 is 0 Å². The summed E-state index contributed by atoms with van der Waals surface area (Å²) in [5.74, 6) is 0.553. The molecule has 4 heteroatoms. The number of hydrogen-bond acceptors (Lipinski definition) is 3. The molecule has 0 saturated heterocycles. The Labute approximate surface area is 235 Å². The number of nitrogens with one attached hydrogen (secondary N) is 2. The van der Waals surface area contributed by atoms with E-state index >= 15 is 0 Å². The van der Waals surface area contributed by atoms with Crippen molar-refractivity contribution in [2.45, 2.75) is 93.7 Å². The van der Waals surface area contributed by atoms with Crippen LogP contribution in [0.5, 0.6) is 0 Å². The number of aliphatic imine (C=N–C) groups is 1. The average molecular weight is 522 g/mol. The van der Waals surface area contributed by atoms with Gasteiger partial charge in [-0.05, 0) is 79.9 Å². The number of benzene rings is 1. The number of nitrogens with zero attached hydrogens (tertiary/aromatic N) is 1. The Morgan fingerprint density at radius 1 is 1.24 bits per heavy atom. The molecule has 1 amide bonds. The molecule has 1 aliphatic carbocycles. The second-order valence-electron chi connectivity index (χ2n) is 10.5. The first-order chi connectivity index (χ1) is 18.0. The van der Waals surface area contributed by atoms with Crippen molar-refractivity contribution in [3.8, 4) is 0 Å². The fourth-order valence-electron chi connectivity index (χ4n) is 4.12. The van der Waals surface area contributed by atoms with Crippen molar-refractivity contribution in [1.82, 2.24) is 5.32 Å². The third kappa shape index (κ3) is 11.6. The monoisotopic (exact) mass is 521 g/mol. The van der Waals surface area contributed by atoms with Crippen LogP contribution in [0.3, 0.4) is 0 Å². The van der Waals surface area contributed by atoms with Gasteiger partial charge in [0.2, 0.25) is 5.91 Å². The molecule has 0 aliphatic heterocycles. The summed E-state index contributed by atoms with van der Waals surface area (Å²) in [5.41, 5.74) is 4.95. The van der Waals surface area contributed by atoms with Crippen LogP contribution in [0, 0.1) is 11.3 Å². The van der Waals surface area contributed by atoms with E-state index in [1.165, 1.54) is 5.57 Å². The summed E-state index contributed by atoms with van der Waals surface area (Å²) >= 11 is 0. The summed E-state index contributed by atoms with van der Waals surface area (Å²) in [4.78, 5) is 17.5. The predicted octanol–water partition coefficient (Wildman–Crippen LogP) is 9.62. The van der Waals surface area contributed by atoms with Crippen LogP contribution in [0.1, 0.15) is 96.0 Å². The molecular weight excluding hydrogens is 466 g/mol. The van der Waals surface area contributed by atoms with Gasteiger partial charge in [0, 0.05) is 33.3 Å². The molecule has 1 aromatic carbocycles. The summed E-state index contributed by atoms with van der Waals surface area (Å²) in [6.45, 7) is 22.9. The van der Waals surface area contributed by atoms with Gasteiger partial charge in [-0.1, -0.05) is 90.6 Å². The van der Waals surface area contributed by atoms with Gasteiger partial charge in [-0.15, -0.1) is 0 Å². The Balaban J connectivity index is 0. The van der Waals surface area contributed by atoms with E-state index in [4.69, 9.17) is 0 Å². The Hall–Kier alpha value is -2.98. The van der Waals surface area contributed by atoms with Gasteiger partial charge < -0.3 is 10.6 Å². The predicted molar refractivity (Wildman–Crippen MR) is 172 cm³/mol. The maximum absolute atomic E-state index is 12.8. The molecule has 1 aliphatic rings. The highest BCUT2D eigenvalue weighted by Crippen LogP contribution is 2.35. The van der Waals surface area contributed by atoms with Crippen molar-refractivity contribution in [3.05, 3.63) is 89.7 Å². The topological polar surface area (TPSA) is 53.5 Å². The lowest BCUT2D eigenvalue weighted by molar-refractivity contribution is -0.117. The van der Waals surface area contributed by atoms with E-state index in [9.17, 15) is 4.79 Å². The van der Waals surface area contributed by atoms with E-state index < -0.39 is 0 Å². The van der Waals surface area contributed by atoms with Crippen LogP contribution in [0.4, 0.5) is 5.69 Å². The number of amides is 1. The summed E-state index contributed by atoms with van der Waals surface area (Å²) in [6, 6.07) is 8.23. The van der Waals surface area contributed by atoms with E-state index in [1.807, 2.05) is 57.3 Å². The van der Waals surface area contributed by atoms with Gasteiger partial charge in [0.05, 0.1) is 5.70 Å². The van der Waals surface area contributed by atoms with Crippen molar-refractivity contribution in [2.24, 2.45) is 16.3 Å². The van der Waals surface area contributed by atoms with Gasteiger partial charge in [0.25, 0.3) is 0 Å². The normalized spacial score (nSPS) is 19.2. The van der Waals surface area contributed by atoms with Crippen LogP contribution in [-0.4, -0.2) is 18.2 Å². The molecule has 212 valence electrons. The molecule has 0 radical (unpaired) electrons. The van der Waals surface area contributed by atoms with Crippen LogP contribution in [-0.2, 0) is 4.79 Å². The number of carbonyl (C=O) groups excluding carboxylic acids is 1. The average Bonchev–Trinajstić information content (AvgIpc) is 2.87. The van der Waals surface area contributed by atoms with Crippen LogP contribution in [0.25, 0.3) is 0 Å². The zero-order chi connectivity index (χ0) is 28.7. The van der Waals surface area contributed by atoms with Crippen molar-refractivity contribution >= 4 is 17.8 Å². The first-order valence-corrected chi connectivity index (χ1v) is 14.1. The molecule has 2 N–H and O–H groups in total. The highest BCUT2D eigenvalue weighted by molar-refractivity contribution is 5.91. The fraction of sp³-hybridized carbons (Fsp3) is 0.471. The largest absolute Gasteiger partial charge is 0.326 e. The summed E-state index contributed by atoms with van der Waals surface area (Å²) < 4.78 is 0. The highest BCUT2D eigenvalue weighted by Gasteiger charge is 2.26. The molecule has 0 heterocycles. The molecule has 2 unspecified atom stereocenters. The molecule has 4 nitrogen and oxygen atoms in total. The lowest BCUT2D eigenvalue weighted by Crippen LogP contribution is -2.30. The SMILES string of the molecule is C=C(C)/C(=C\C=CCC)N=CC(C)N[C@@H](C)c1cccc(NC(=O)CC2(C)C=CC(C(C)C)=CC2)c1.CC.[HH].[HH]. The maximum atomic E-state index is 12.8. The second kappa shape index (κ2) is 16.8. The summed E-state index contributed by atoms with van der Waals surface area (Å²) in [7, 11) is 0. The molecule has 2 rings (SSSR count). The lowest BCUT2D eigenvalue weighted by atomic mass is 9.77. The molecule has 3 atom stereocenters. The molecule has 0 saturated carbocycles. The van der Waals surface area contributed by atoms with Crippen molar-refractivity contribution in [3.63, 3.8) is 0 Å². The highest BCUT2D eigenvalue weighted by atomic mass is 16.1. The molecule has 0 spiro atoms. The number of carbonyl (C=O) groups is 1. The number of anilines is 1. The van der Waals surface area contributed by atoms with Gasteiger partial charge in [-0.2, -0.15) is 0 Å². The Kier molecular flexibility index (Phi) is 14.6. The zero-order valence-electron chi connectivity index (χ0n) is 25.3. The minimum atomic E-state index is -0.146. The van der Waals surface area contributed by atoms with Gasteiger partial charge in [0.1, 0.15) is 0 Å². The van der Waals surface area contributed by atoms with E-state index in [-0.39, 0.29) is 26.3 Å². The molecule has 0 aromatic heterocycles. The minimum Gasteiger partial charge on any atom is -0.326 e. The number of allylic oxidation sites excluding steroid dienone is 8. The lowest BCUT2D eigenvalue weighted by Gasteiger charge is -2.28. The van der Waals surface area contributed by atoms with Crippen molar-refractivity contribution in [2.75, 3.05) is 5.32 Å². The second-order valence-corrected chi connectivity index (χ2v) is 10.5. The Bertz CT molecular complexity index is 1070. The summed E-state index contributed by atoms with van der Waals surface area (Å²) in [6.07, 6.45) is 17.0. The number of rotatable bonds is 12. The standard InChI is InChI=1S/C32H45N3O.C2H6.2H2/c1-9-10-11-15-30(24(4)5)33-22-25(6)34-26(7)28-13-12-14-29(20-28)35-31(36)21-32(8)18-16-27(17-19-32)23(2)3;1-2;;/h10-18,20,22-23,25-26,34H,4,9,19,21H2,1-3,5-8H3,(H,35,36);1-2H3;2*1H/b11-10?,30-15+,33-22?;;;/t25?,26-,32?;;;/m0.../s1. The van der Waals surface area contributed by atoms with Crippen molar-refractivity contribution in [1.29, 1.82) is 0 Å². The minimum absolute atomic E-state index is 0. The first-order valence-electron chi connectivity index (χ1n) is 14.1. The van der Waals surface area contributed by atoms with Crippen LogP contribution in [0.2, 0.25) is 0 Å². The Morgan fingerprint density at radius 3 is 2.53 bits per heavy atom. The van der Waals surface area contributed by atoms with E-state index in [1.54, 1.807) is 0 Å². The fourth-order valence-corrected chi connectivity index (χ4v) is 4.12. The zero-order valence-corrected chi connectivity index (χ0v) is 25.3. The Morgan fingerprint density at radius 2 is 1.95 bits per heavy atom. The van der Waals surface area contributed by atoms with Gasteiger partial charge in [0.15, 0.2) is 0 Å². The van der Waals surface area contributed by atoms with Crippen molar-refractivity contribution < 1.29 is 7.65 Å². The van der Waals surface area contributed by atoms with E-state index in [0.717, 1.165) is 35.4 Å². The molecule has 0 bridgehead atoms. The third-order valence-corrected chi connectivity index (χ3v) is 6.40. The van der Waals surface area contributed by atoms with Crippen LogP contribution >= 0.6 is 0 Å². The van der Waals surface area contributed by atoms with E-state index in [2.05, 4.69) is 94.1 Å². The quantitative estimate of drug-likeness (QED) is 0.212. The van der Waals surface area contributed by atoms with Crippen LogP contribution < -0.4 is 10.6 Å². The maximum Gasteiger partial charge on any atom is 0.225 e. The molecule has 1 aromatic rings. The first kappa shape index (κ1) is 33.0.